The van der Waals surface area contributed by atoms with Gasteiger partial charge in [0, 0.05) is 6.54 Å². The van der Waals surface area contributed by atoms with Crippen molar-refractivity contribution in [1.29, 1.82) is 0 Å². The van der Waals surface area contributed by atoms with Gasteiger partial charge < -0.3 is 14.8 Å². The van der Waals surface area contributed by atoms with Gasteiger partial charge in [-0.25, -0.2) is 0 Å². The standard InChI is InChI=1S/C13H20ClNO2S/c1-15-9-10-7-11(14)13(12(8-10)16-2)17-5-4-6-18-3/h7-8,15H,4-6,9H2,1-3H3. The summed E-state index contributed by atoms with van der Waals surface area (Å²) >= 11 is 8.03. The lowest BCUT2D eigenvalue weighted by Gasteiger charge is -2.14. The first-order valence-electron chi connectivity index (χ1n) is 5.85. The Labute approximate surface area is 118 Å². The predicted molar refractivity (Wildman–Crippen MR) is 79.3 cm³/mol. The molecule has 0 bridgehead atoms. The molecule has 1 rings (SSSR count). The van der Waals surface area contributed by atoms with Gasteiger partial charge in [-0.2, -0.15) is 11.8 Å². The molecular weight excluding hydrogens is 270 g/mol. The van der Waals surface area contributed by atoms with Crippen molar-refractivity contribution in [2.24, 2.45) is 0 Å². The molecule has 5 heteroatoms. The van der Waals surface area contributed by atoms with Crippen molar-refractivity contribution in [3.8, 4) is 11.5 Å². The molecule has 0 spiro atoms. The largest absolute Gasteiger partial charge is 0.493 e. The van der Waals surface area contributed by atoms with Gasteiger partial charge in [-0.1, -0.05) is 11.6 Å². The van der Waals surface area contributed by atoms with Crippen LogP contribution in [0.2, 0.25) is 5.02 Å². The summed E-state index contributed by atoms with van der Waals surface area (Å²) in [7, 11) is 3.52. The van der Waals surface area contributed by atoms with E-state index in [1.54, 1.807) is 7.11 Å². The van der Waals surface area contributed by atoms with E-state index in [4.69, 9.17) is 21.1 Å². The number of benzene rings is 1. The first-order valence-corrected chi connectivity index (χ1v) is 7.62. The molecule has 1 aromatic carbocycles. The molecule has 0 aliphatic heterocycles. The van der Waals surface area contributed by atoms with Gasteiger partial charge in [0.25, 0.3) is 0 Å². The molecule has 0 unspecified atom stereocenters. The van der Waals surface area contributed by atoms with Gasteiger partial charge in [0.05, 0.1) is 18.7 Å². The predicted octanol–water partition coefficient (Wildman–Crippen LogP) is 3.20. The average Bonchev–Trinajstić information content (AvgIpc) is 2.36. The van der Waals surface area contributed by atoms with Crippen molar-refractivity contribution in [2.45, 2.75) is 13.0 Å². The van der Waals surface area contributed by atoms with Crippen LogP contribution in [0.15, 0.2) is 12.1 Å². The lowest BCUT2D eigenvalue weighted by atomic mass is 10.2. The lowest BCUT2D eigenvalue weighted by molar-refractivity contribution is 0.295. The third-order valence-electron chi connectivity index (χ3n) is 2.41. The fraction of sp³-hybridized carbons (Fsp3) is 0.538. The maximum Gasteiger partial charge on any atom is 0.179 e. The van der Waals surface area contributed by atoms with Crippen LogP contribution in [0.3, 0.4) is 0 Å². The van der Waals surface area contributed by atoms with E-state index < -0.39 is 0 Å². The van der Waals surface area contributed by atoms with E-state index in [9.17, 15) is 0 Å². The SMILES string of the molecule is CNCc1cc(Cl)c(OCCCSC)c(OC)c1. The van der Waals surface area contributed by atoms with Crippen LogP contribution in [0, 0.1) is 0 Å². The van der Waals surface area contributed by atoms with E-state index in [1.807, 2.05) is 30.9 Å². The third-order valence-corrected chi connectivity index (χ3v) is 3.39. The van der Waals surface area contributed by atoms with E-state index in [1.165, 1.54) is 0 Å². The Morgan fingerprint density at radius 3 is 2.78 bits per heavy atom. The molecule has 1 aromatic rings. The lowest BCUT2D eigenvalue weighted by Crippen LogP contribution is -2.06. The second kappa shape index (κ2) is 8.51. The second-order valence-electron chi connectivity index (χ2n) is 3.83. The zero-order valence-electron chi connectivity index (χ0n) is 11.1. The summed E-state index contributed by atoms with van der Waals surface area (Å²) < 4.78 is 11.0. The fourth-order valence-corrected chi connectivity index (χ4v) is 2.29. The molecule has 0 atom stereocenters. The molecule has 0 amide bonds. The molecular formula is C13H20ClNO2S. The Morgan fingerprint density at radius 2 is 2.17 bits per heavy atom. The number of halogens is 1. The van der Waals surface area contributed by atoms with E-state index in [-0.39, 0.29) is 0 Å². The van der Waals surface area contributed by atoms with Crippen LogP contribution in [0.1, 0.15) is 12.0 Å². The monoisotopic (exact) mass is 289 g/mol. The van der Waals surface area contributed by atoms with Crippen LogP contribution in [0.5, 0.6) is 11.5 Å². The van der Waals surface area contributed by atoms with Gasteiger partial charge in [0.15, 0.2) is 11.5 Å². The topological polar surface area (TPSA) is 30.5 Å². The molecule has 0 radical (unpaired) electrons. The molecule has 0 aromatic heterocycles. The zero-order valence-corrected chi connectivity index (χ0v) is 12.7. The Kier molecular flexibility index (Phi) is 7.32. The van der Waals surface area contributed by atoms with Gasteiger partial charge in [0.2, 0.25) is 0 Å². The summed E-state index contributed by atoms with van der Waals surface area (Å²) in [6.45, 7) is 1.41. The minimum atomic E-state index is 0.601. The van der Waals surface area contributed by atoms with Gasteiger partial charge in [-0.3, -0.25) is 0 Å². The number of methoxy groups -OCH3 is 1. The van der Waals surface area contributed by atoms with Crippen LogP contribution in [0.25, 0.3) is 0 Å². The maximum atomic E-state index is 6.22. The number of hydrogen-bond acceptors (Lipinski definition) is 4. The Hall–Kier alpha value is -0.580. The highest BCUT2D eigenvalue weighted by atomic mass is 35.5. The summed E-state index contributed by atoms with van der Waals surface area (Å²) in [5.41, 5.74) is 1.08. The maximum absolute atomic E-state index is 6.22. The molecule has 3 nitrogen and oxygen atoms in total. The summed E-state index contributed by atoms with van der Waals surface area (Å²) in [5, 5.41) is 3.68. The second-order valence-corrected chi connectivity index (χ2v) is 5.23. The van der Waals surface area contributed by atoms with E-state index in [2.05, 4.69) is 11.6 Å². The highest BCUT2D eigenvalue weighted by Crippen LogP contribution is 2.36. The number of nitrogens with one attached hydrogen (secondary N) is 1. The highest BCUT2D eigenvalue weighted by Gasteiger charge is 2.11. The van der Waals surface area contributed by atoms with E-state index >= 15 is 0 Å². The summed E-state index contributed by atoms with van der Waals surface area (Å²) in [6.07, 6.45) is 3.08. The Balaban J connectivity index is 2.76. The van der Waals surface area contributed by atoms with Crippen LogP contribution >= 0.6 is 23.4 Å². The van der Waals surface area contributed by atoms with Crippen molar-refractivity contribution >= 4 is 23.4 Å². The van der Waals surface area contributed by atoms with Crippen LogP contribution in [-0.4, -0.2) is 32.8 Å². The first kappa shape index (κ1) is 15.5. The molecule has 102 valence electrons. The molecule has 0 saturated heterocycles. The number of ether oxygens (including phenoxy) is 2. The van der Waals surface area contributed by atoms with E-state index in [0.29, 0.717) is 23.1 Å². The van der Waals surface area contributed by atoms with Crippen LogP contribution in [0.4, 0.5) is 0 Å². The molecule has 0 heterocycles. The minimum Gasteiger partial charge on any atom is -0.493 e. The van der Waals surface area contributed by atoms with Crippen molar-refractivity contribution in [1.82, 2.24) is 5.32 Å². The van der Waals surface area contributed by atoms with Crippen molar-refractivity contribution in [3.05, 3.63) is 22.7 Å². The Morgan fingerprint density at radius 1 is 1.39 bits per heavy atom. The van der Waals surface area contributed by atoms with Gasteiger partial charge >= 0.3 is 0 Å². The summed E-state index contributed by atoms with van der Waals surface area (Å²) in [4.78, 5) is 0. The van der Waals surface area contributed by atoms with Crippen molar-refractivity contribution in [3.63, 3.8) is 0 Å². The van der Waals surface area contributed by atoms with Gasteiger partial charge in [0.1, 0.15) is 0 Å². The highest BCUT2D eigenvalue weighted by molar-refractivity contribution is 7.98. The van der Waals surface area contributed by atoms with Gasteiger partial charge in [-0.15, -0.1) is 0 Å². The number of rotatable bonds is 8. The molecule has 18 heavy (non-hydrogen) atoms. The Bertz CT molecular complexity index is 374. The normalized spacial score (nSPS) is 10.4. The molecule has 0 saturated carbocycles. The van der Waals surface area contributed by atoms with Crippen molar-refractivity contribution in [2.75, 3.05) is 32.8 Å². The average molecular weight is 290 g/mol. The number of thioether (sulfide) groups is 1. The van der Waals surface area contributed by atoms with Crippen LogP contribution < -0.4 is 14.8 Å². The quantitative estimate of drug-likeness (QED) is 0.745. The minimum absolute atomic E-state index is 0.601. The van der Waals surface area contributed by atoms with Crippen LogP contribution in [-0.2, 0) is 6.54 Å². The molecule has 0 fully saturated rings. The first-order chi connectivity index (χ1) is 8.72. The van der Waals surface area contributed by atoms with E-state index in [0.717, 1.165) is 24.3 Å². The number of hydrogen-bond donors (Lipinski definition) is 1. The summed E-state index contributed by atoms with van der Waals surface area (Å²) in [5.74, 6) is 2.41. The third kappa shape index (κ3) is 4.59. The fourth-order valence-electron chi connectivity index (χ4n) is 1.60. The zero-order chi connectivity index (χ0) is 13.4. The smallest absolute Gasteiger partial charge is 0.179 e. The molecule has 0 aliphatic carbocycles. The van der Waals surface area contributed by atoms with Gasteiger partial charge in [-0.05, 0) is 43.2 Å². The molecule has 1 N–H and O–H groups in total. The van der Waals surface area contributed by atoms with Crippen molar-refractivity contribution < 1.29 is 9.47 Å². The molecule has 0 aliphatic rings. The summed E-state index contributed by atoms with van der Waals surface area (Å²) in [6, 6.07) is 3.86.